The van der Waals surface area contributed by atoms with E-state index in [2.05, 4.69) is 53.7 Å². The van der Waals surface area contributed by atoms with Crippen molar-refractivity contribution in [3.63, 3.8) is 0 Å². The molecule has 1 rings (SSSR count). The minimum atomic E-state index is -0.563. The van der Waals surface area contributed by atoms with Gasteiger partial charge in [0.15, 0.2) is 6.10 Å². The molecule has 0 aliphatic heterocycles. The highest BCUT2D eigenvalue weighted by Crippen LogP contribution is 2.38. The average Bonchev–Trinajstić information content (AvgIpc) is 2.54. The lowest BCUT2D eigenvalue weighted by Gasteiger charge is -2.31. The van der Waals surface area contributed by atoms with Crippen molar-refractivity contribution >= 4 is 5.91 Å². The smallest absolute Gasteiger partial charge is 0.258 e. The van der Waals surface area contributed by atoms with Gasteiger partial charge in [-0.2, -0.15) is 0 Å². The minimum Gasteiger partial charge on any atom is -0.480 e. The molecule has 0 aromatic heterocycles. The molecular weight excluding hydrogens is 298 g/mol. The van der Waals surface area contributed by atoms with Gasteiger partial charge in [-0.05, 0) is 41.7 Å². The maximum Gasteiger partial charge on any atom is 0.258 e. The molecule has 1 aromatic carbocycles. The Labute approximate surface area is 148 Å². The van der Waals surface area contributed by atoms with E-state index in [1.54, 1.807) is 0 Å². The van der Waals surface area contributed by atoms with Crippen molar-refractivity contribution in [2.45, 2.75) is 91.1 Å². The number of primary amides is 1. The minimum absolute atomic E-state index is 0.0242. The van der Waals surface area contributed by atoms with E-state index in [9.17, 15) is 4.79 Å². The number of carbonyl (C=O) groups excluding carboxylic acids is 1. The van der Waals surface area contributed by atoms with Crippen LogP contribution in [0.2, 0.25) is 0 Å². The molecule has 3 nitrogen and oxygen atoms in total. The van der Waals surface area contributed by atoms with Gasteiger partial charge in [-0.1, -0.05) is 67.0 Å². The highest BCUT2D eigenvalue weighted by atomic mass is 16.5. The van der Waals surface area contributed by atoms with Crippen molar-refractivity contribution < 1.29 is 9.53 Å². The van der Waals surface area contributed by atoms with Crippen LogP contribution in [-0.2, 0) is 15.6 Å². The van der Waals surface area contributed by atoms with Crippen LogP contribution in [0.1, 0.15) is 85.3 Å². The summed E-state index contributed by atoms with van der Waals surface area (Å²) in [6.07, 6.45) is 3.00. The van der Waals surface area contributed by atoms with Crippen molar-refractivity contribution in [1.29, 1.82) is 0 Å². The van der Waals surface area contributed by atoms with Crippen molar-refractivity contribution in [3.05, 3.63) is 29.3 Å². The van der Waals surface area contributed by atoms with Crippen molar-refractivity contribution in [2.24, 2.45) is 5.73 Å². The Morgan fingerprint density at radius 3 is 2.12 bits per heavy atom. The number of hydrogen-bond donors (Lipinski definition) is 1. The highest BCUT2D eigenvalue weighted by Gasteiger charge is 2.28. The van der Waals surface area contributed by atoms with Crippen LogP contribution in [0.15, 0.2) is 18.2 Å². The zero-order valence-corrected chi connectivity index (χ0v) is 16.5. The number of ether oxygens (including phenoxy) is 1. The first-order chi connectivity index (χ1) is 11.1. The molecule has 0 saturated heterocycles. The molecule has 0 bridgehead atoms. The average molecular weight is 334 g/mol. The van der Waals surface area contributed by atoms with Crippen LogP contribution in [0.25, 0.3) is 0 Å². The monoisotopic (exact) mass is 333 g/mol. The lowest BCUT2D eigenvalue weighted by Crippen LogP contribution is -2.34. The van der Waals surface area contributed by atoms with E-state index in [1.165, 1.54) is 5.56 Å². The molecule has 0 fully saturated rings. The van der Waals surface area contributed by atoms with Crippen LogP contribution in [0.4, 0.5) is 0 Å². The van der Waals surface area contributed by atoms with Crippen LogP contribution in [0, 0.1) is 0 Å². The van der Waals surface area contributed by atoms with E-state index < -0.39 is 12.0 Å². The number of nitrogens with two attached hydrogens (primary N) is 1. The molecule has 1 atom stereocenters. The normalized spacial score (nSPS) is 13.6. The van der Waals surface area contributed by atoms with E-state index in [1.807, 2.05) is 13.0 Å². The zero-order chi connectivity index (χ0) is 18.5. The number of rotatable bonds is 9. The Balaban J connectivity index is 3.36. The summed E-state index contributed by atoms with van der Waals surface area (Å²) in [5.41, 5.74) is 8.07. The van der Waals surface area contributed by atoms with E-state index >= 15 is 0 Å². The van der Waals surface area contributed by atoms with Gasteiger partial charge >= 0.3 is 0 Å². The Morgan fingerprint density at radius 1 is 1.08 bits per heavy atom. The number of carbonyl (C=O) groups is 1. The van der Waals surface area contributed by atoms with Gasteiger partial charge < -0.3 is 10.5 Å². The molecule has 1 aromatic rings. The van der Waals surface area contributed by atoms with E-state index in [4.69, 9.17) is 10.5 Å². The summed E-state index contributed by atoms with van der Waals surface area (Å²) in [6.45, 7) is 15.4. The lowest BCUT2D eigenvalue weighted by atomic mass is 9.76. The molecule has 0 aliphatic rings. The Kier molecular flexibility index (Phi) is 6.88. The first-order valence-electron chi connectivity index (χ1n) is 9.20. The lowest BCUT2D eigenvalue weighted by molar-refractivity contribution is -0.125. The first-order valence-corrected chi connectivity index (χ1v) is 9.20. The van der Waals surface area contributed by atoms with E-state index in [-0.39, 0.29) is 10.8 Å². The van der Waals surface area contributed by atoms with Crippen LogP contribution in [0.5, 0.6) is 5.75 Å². The summed E-state index contributed by atoms with van der Waals surface area (Å²) in [5, 5.41) is 0. The summed E-state index contributed by atoms with van der Waals surface area (Å²) in [7, 11) is 0. The maximum absolute atomic E-state index is 11.7. The van der Waals surface area contributed by atoms with Gasteiger partial charge in [0.1, 0.15) is 5.75 Å². The van der Waals surface area contributed by atoms with Gasteiger partial charge in [0.05, 0.1) is 0 Å². The standard InChI is InChI=1S/C21H35NO2/c1-8-11-18(19(22)23)24-17-13-12-15(20(4,5)9-2)14-16(17)21(6,7)10-3/h12-14,18H,8-11H2,1-7H3,(H2,22,23)/t18-/m1/s1. The molecule has 1 amide bonds. The first kappa shape index (κ1) is 20.5. The second-order valence-electron chi connectivity index (χ2n) is 7.98. The second kappa shape index (κ2) is 8.04. The Bertz CT molecular complexity index is 561. The SMILES string of the molecule is CCC[C@@H](Oc1ccc(C(C)(C)CC)cc1C(C)(C)CC)C(N)=O. The van der Waals surface area contributed by atoms with Gasteiger partial charge in [0.25, 0.3) is 5.91 Å². The summed E-state index contributed by atoms with van der Waals surface area (Å²) >= 11 is 0. The van der Waals surface area contributed by atoms with E-state index in [0.717, 1.165) is 30.6 Å². The molecule has 0 heterocycles. The summed E-state index contributed by atoms with van der Waals surface area (Å²) in [5.74, 6) is 0.393. The predicted molar refractivity (Wildman–Crippen MR) is 102 cm³/mol. The zero-order valence-electron chi connectivity index (χ0n) is 16.5. The molecule has 24 heavy (non-hydrogen) atoms. The molecule has 0 radical (unpaired) electrons. The molecular formula is C21H35NO2. The fraction of sp³-hybridized carbons (Fsp3) is 0.667. The van der Waals surface area contributed by atoms with Gasteiger partial charge in [-0.25, -0.2) is 0 Å². The topological polar surface area (TPSA) is 52.3 Å². The highest BCUT2D eigenvalue weighted by molar-refractivity contribution is 5.79. The van der Waals surface area contributed by atoms with Crippen LogP contribution in [0.3, 0.4) is 0 Å². The maximum atomic E-state index is 11.7. The molecule has 3 heteroatoms. The van der Waals surface area contributed by atoms with Crippen molar-refractivity contribution in [3.8, 4) is 5.75 Å². The predicted octanol–water partition coefficient (Wildman–Crippen LogP) is 5.09. The van der Waals surface area contributed by atoms with E-state index in [0.29, 0.717) is 6.42 Å². The number of amides is 1. The summed E-state index contributed by atoms with van der Waals surface area (Å²) < 4.78 is 6.06. The van der Waals surface area contributed by atoms with Gasteiger partial charge in [0, 0.05) is 5.56 Å². The third kappa shape index (κ3) is 4.75. The molecule has 136 valence electrons. The second-order valence-corrected chi connectivity index (χ2v) is 7.98. The summed E-state index contributed by atoms with van der Waals surface area (Å²) in [6, 6.07) is 6.40. The van der Waals surface area contributed by atoms with Crippen LogP contribution < -0.4 is 10.5 Å². The van der Waals surface area contributed by atoms with Gasteiger partial charge in [-0.15, -0.1) is 0 Å². The van der Waals surface area contributed by atoms with Gasteiger partial charge in [-0.3, -0.25) is 4.79 Å². The third-order valence-electron chi connectivity index (χ3n) is 5.40. The van der Waals surface area contributed by atoms with Crippen LogP contribution >= 0.6 is 0 Å². The fourth-order valence-electron chi connectivity index (χ4n) is 2.65. The Hall–Kier alpha value is -1.51. The largest absolute Gasteiger partial charge is 0.480 e. The Morgan fingerprint density at radius 2 is 1.67 bits per heavy atom. The van der Waals surface area contributed by atoms with Crippen LogP contribution in [-0.4, -0.2) is 12.0 Å². The quantitative estimate of drug-likeness (QED) is 0.684. The molecule has 0 aliphatic carbocycles. The molecule has 0 unspecified atom stereocenters. The number of benzene rings is 1. The van der Waals surface area contributed by atoms with Gasteiger partial charge in [0.2, 0.25) is 0 Å². The molecule has 0 spiro atoms. The molecule has 2 N–H and O–H groups in total. The summed E-state index contributed by atoms with van der Waals surface area (Å²) in [4.78, 5) is 11.7. The third-order valence-corrected chi connectivity index (χ3v) is 5.40. The fourth-order valence-corrected chi connectivity index (χ4v) is 2.65. The molecule has 0 saturated carbocycles. The van der Waals surface area contributed by atoms with Crippen molar-refractivity contribution in [2.75, 3.05) is 0 Å². The van der Waals surface area contributed by atoms with Crippen molar-refractivity contribution in [1.82, 2.24) is 0 Å². The number of hydrogen-bond acceptors (Lipinski definition) is 2.